The highest BCUT2D eigenvalue weighted by molar-refractivity contribution is 7.89. The van der Waals surface area contributed by atoms with E-state index in [0.29, 0.717) is 13.1 Å². The van der Waals surface area contributed by atoms with Crippen molar-refractivity contribution >= 4 is 10.0 Å². The number of nitrogens with zero attached hydrogens (tertiary/aromatic N) is 1. The first-order chi connectivity index (χ1) is 7.42. The van der Waals surface area contributed by atoms with Crippen LogP contribution < -0.4 is 5.32 Å². The minimum Gasteiger partial charge on any atom is -0.378 e. The molecule has 96 valence electrons. The van der Waals surface area contributed by atoms with Gasteiger partial charge in [-0.1, -0.05) is 0 Å². The molecule has 1 atom stereocenters. The molecule has 0 spiro atoms. The normalized spacial score (nSPS) is 23.9. The lowest BCUT2D eigenvalue weighted by molar-refractivity contribution is 0.0905. The second-order valence-electron chi connectivity index (χ2n) is 4.45. The zero-order valence-electron chi connectivity index (χ0n) is 10.3. The van der Waals surface area contributed by atoms with Crippen LogP contribution in [0.3, 0.4) is 0 Å². The van der Waals surface area contributed by atoms with Gasteiger partial charge in [-0.25, -0.2) is 8.42 Å². The van der Waals surface area contributed by atoms with E-state index in [0.717, 1.165) is 6.54 Å². The van der Waals surface area contributed by atoms with E-state index in [2.05, 4.69) is 5.32 Å². The molecule has 0 radical (unpaired) electrons. The Balaban J connectivity index is 2.43. The van der Waals surface area contributed by atoms with Crippen LogP contribution in [-0.4, -0.2) is 56.9 Å². The molecule has 6 heteroatoms. The van der Waals surface area contributed by atoms with Crippen LogP contribution in [0.1, 0.15) is 20.8 Å². The largest absolute Gasteiger partial charge is 0.378 e. The fourth-order valence-electron chi connectivity index (χ4n) is 1.67. The molecular weight excluding hydrogens is 228 g/mol. The predicted octanol–water partition coefficient (Wildman–Crippen LogP) is 0.0349. The number of sulfonamides is 1. The number of rotatable bonds is 5. The van der Waals surface area contributed by atoms with Crippen molar-refractivity contribution in [2.45, 2.75) is 32.9 Å². The van der Waals surface area contributed by atoms with Gasteiger partial charge in [0.15, 0.2) is 0 Å². The van der Waals surface area contributed by atoms with E-state index in [1.54, 1.807) is 4.31 Å². The summed E-state index contributed by atoms with van der Waals surface area (Å²) in [7, 11) is -3.14. The van der Waals surface area contributed by atoms with E-state index < -0.39 is 10.0 Å². The van der Waals surface area contributed by atoms with E-state index in [1.165, 1.54) is 0 Å². The lowest BCUT2D eigenvalue weighted by Gasteiger charge is -2.31. The lowest BCUT2D eigenvalue weighted by atomic mass is 10.3. The van der Waals surface area contributed by atoms with Crippen LogP contribution in [0.25, 0.3) is 0 Å². The van der Waals surface area contributed by atoms with Crippen LogP contribution in [0, 0.1) is 0 Å². The Bertz CT molecular complexity index is 303. The third kappa shape index (κ3) is 4.37. The summed E-state index contributed by atoms with van der Waals surface area (Å²) in [5.41, 5.74) is 0. The highest BCUT2D eigenvalue weighted by atomic mass is 32.2. The summed E-state index contributed by atoms with van der Waals surface area (Å²) in [6.07, 6.45) is 0.0807. The van der Waals surface area contributed by atoms with Gasteiger partial charge in [-0.05, 0) is 20.8 Å². The molecular formula is C10H22N2O3S. The Hall–Kier alpha value is -0.170. The molecule has 0 amide bonds. The molecule has 1 saturated heterocycles. The molecule has 1 unspecified atom stereocenters. The maximum atomic E-state index is 11.9. The molecule has 1 fully saturated rings. The fraction of sp³-hybridized carbons (Fsp3) is 1.00. The highest BCUT2D eigenvalue weighted by Crippen LogP contribution is 2.06. The summed E-state index contributed by atoms with van der Waals surface area (Å²) in [5, 5.41) is 3.22. The molecule has 0 aromatic heterocycles. The molecule has 16 heavy (non-hydrogen) atoms. The van der Waals surface area contributed by atoms with Gasteiger partial charge in [0, 0.05) is 25.7 Å². The number of piperazine rings is 1. The van der Waals surface area contributed by atoms with Gasteiger partial charge in [-0.3, -0.25) is 0 Å². The van der Waals surface area contributed by atoms with E-state index in [4.69, 9.17) is 4.74 Å². The first kappa shape index (κ1) is 13.9. The van der Waals surface area contributed by atoms with Crippen molar-refractivity contribution in [3.63, 3.8) is 0 Å². The van der Waals surface area contributed by atoms with Crippen molar-refractivity contribution in [3.05, 3.63) is 0 Å². The first-order valence-corrected chi connectivity index (χ1v) is 7.35. The lowest BCUT2D eigenvalue weighted by Crippen LogP contribution is -2.52. The van der Waals surface area contributed by atoms with E-state index >= 15 is 0 Å². The van der Waals surface area contributed by atoms with Crippen LogP contribution in [0.5, 0.6) is 0 Å². The molecule has 1 N–H and O–H groups in total. The molecule has 5 nitrogen and oxygen atoms in total. The average molecular weight is 250 g/mol. The quantitative estimate of drug-likeness (QED) is 0.748. The van der Waals surface area contributed by atoms with Crippen molar-refractivity contribution in [2.24, 2.45) is 0 Å². The molecule has 1 aliphatic heterocycles. The summed E-state index contributed by atoms with van der Waals surface area (Å²) in [6.45, 7) is 7.92. The number of nitrogens with one attached hydrogen (secondary N) is 1. The van der Waals surface area contributed by atoms with Gasteiger partial charge in [-0.2, -0.15) is 4.31 Å². The van der Waals surface area contributed by atoms with E-state index in [1.807, 2.05) is 20.8 Å². The topological polar surface area (TPSA) is 58.6 Å². The van der Waals surface area contributed by atoms with Crippen molar-refractivity contribution < 1.29 is 13.2 Å². The van der Waals surface area contributed by atoms with Crippen molar-refractivity contribution in [1.29, 1.82) is 0 Å². The van der Waals surface area contributed by atoms with Gasteiger partial charge < -0.3 is 10.1 Å². The third-order valence-electron chi connectivity index (χ3n) is 2.52. The minimum atomic E-state index is -3.14. The van der Waals surface area contributed by atoms with Gasteiger partial charge >= 0.3 is 0 Å². The van der Waals surface area contributed by atoms with Crippen LogP contribution in [0.2, 0.25) is 0 Å². The van der Waals surface area contributed by atoms with Crippen molar-refractivity contribution in [3.8, 4) is 0 Å². The number of ether oxygens (including phenoxy) is 1. The molecule has 0 aromatic carbocycles. The van der Waals surface area contributed by atoms with Gasteiger partial charge in [0.2, 0.25) is 10.0 Å². The van der Waals surface area contributed by atoms with Crippen LogP contribution in [-0.2, 0) is 14.8 Å². The molecule has 1 heterocycles. The second kappa shape index (κ2) is 5.95. The van der Waals surface area contributed by atoms with E-state index in [9.17, 15) is 8.42 Å². The predicted molar refractivity (Wildman–Crippen MR) is 63.9 cm³/mol. The smallest absolute Gasteiger partial charge is 0.216 e. The summed E-state index contributed by atoms with van der Waals surface area (Å²) in [5.74, 6) is 0.0813. The maximum Gasteiger partial charge on any atom is 0.216 e. The summed E-state index contributed by atoms with van der Waals surface area (Å²) >= 11 is 0. The van der Waals surface area contributed by atoms with Gasteiger partial charge in [0.05, 0.1) is 18.5 Å². The molecule has 1 aliphatic rings. The summed E-state index contributed by atoms with van der Waals surface area (Å²) in [4.78, 5) is 0. The Morgan fingerprint density at radius 1 is 1.50 bits per heavy atom. The highest BCUT2D eigenvalue weighted by Gasteiger charge is 2.26. The molecule has 0 aliphatic carbocycles. The van der Waals surface area contributed by atoms with Gasteiger partial charge in [0.25, 0.3) is 0 Å². The average Bonchev–Trinajstić information content (AvgIpc) is 2.16. The van der Waals surface area contributed by atoms with Crippen LogP contribution in [0.4, 0.5) is 0 Å². The van der Waals surface area contributed by atoms with Crippen molar-refractivity contribution in [1.82, 2.24) is 9.62 Å². The molecule has 0 saturated carbocycles. The minimum absolute atomic E-state index is 0.0807. The van der Waals surface area contributed by atoms with Crippen LogP contribution in [0.15, 0.2) is 0 Å². The zero-order chi connectivity index (χ0) is 12.2. The van der Waals surface area contributed by atoms with Gasteiger partial charge in [-0.15, -0.1) is 0 Å². The number of hydrogen-bond donors (Lipinski definition) is 1. The summed E-state index contributed by atoms with van der Waals surface area (Å²) < 4.78 is 30.7. The second-order valence-corrected chi connectivity index (χ2v) is 6.54. The Labute approximate surface area is 98.2 Å². The van der Waals surface area contributed by atoms with E-state index in [-0.39, 0.29) is 24.5 Å². The van der Waals surface area contributed by atoms with Crippen LogP contribution >= 0.6 is 0 Å². The standard InChI is InChI=1S/C10H22N2O3S/c1-9(2)15-6-7-16(13,14)12-5-4-11-10(3)8-12/h9-11H,4-8H2,1-3H3. The van der Waals surface area contributed by atoms with Gasteiger partial charge in [0.1, 0.15) is 0 Å². The Kier molecular flexibility index (Phi) is 5.17. The molecule has 0 aromatic rings. The summed E-state index contributed by atoms with van der Waals surface area (Å²) in [6, 6.07) is 0.231. The SMILES string of the molecule is CC1CN(S(=O)(=O)CCOC(C)C)CCN1. The Morgan fingerprint density at radius 2 is 2.19 bits per heavy atom. The molecule has 0 bridgehead atoms. The first-order valence-electron chi connectivity index (χ1n) is 5.74. The monoisotopic (exact) mass is 250 g/mol. The fourth-order valence-corrected chi connectivity index (χ4v) is 3.05. The van der Waals surface area contributed by atoms with Crippen molar-refractivity contribution in [2.75, 3.05) is 32.0 Å². The number of hydrogen-bond acceptors (Lipinski definition) is 4. The Morgan fingerprint density at radius 3 is 2.75 bits per heavy atom. The third-order valence-corrected chi connectivity index (χ3v) is 4.32. The zero-order valence-corrected chi connectivity index (χ0v) is 11.1. The molecule has 1 rings (SSSR count). The maximum absolute atomic E-state index is 11.9.